The van der Waals surface area contributed by atoms with Crippen LogP contribution in [0.3, 0.4) is 0 Å². The van der Waals surface area contributed by atoms with E-state index in [1.807, 2.05) is 31.3 Å². The van der Waals surface area contributed by atoms with E-state index in [2.05, 4.69) is 12.2 Å². The maximum Gasteiger partial charge on any atom is 0.122 e. The van der Waals surface area contributed by atoms with Gasteiger partial charge in [0.05, 0.1) is 0 Å². The Morgan fingerprint density at radius 2 is 1.85 bits per heavy atom. The summed E-state index contributed by atoms with van der Waals surface area (Å²) in [5.74, 6) is 0. The van der Waals surface area contributed by atoms with E-state index in [0.29, 0.717) is 0 Å². The molecule has 2 unspecified atom stereocenters. The normalized spacial score (nSPS) is 15.4. The lowest BCUT2D eigenvalue weighted by atomic mass is 10.0. The molecule has 0 aliphatic heterocycles. The molecule has 2 atom stereocenters. The van der Waals surface area contributed by atoms with Crippen LogP contribution in [-0.2, 0) is 0 Å². The Labute approximate surface area is 79.0 Å². The van der Waals surface area contributed by atoms with Gasteiger partial charge in [-0.2, -0.15) is 0 Å². The molecule has 13 heavy (non-hydrogen) atoms. The largest absolute Gasteiger partial charge is 0.313 e. The first-order chi connectivity index (χ1) is 6.15. The summed E-state index contributed by atoms with van der Waals surface area (Å²) in [6.07, 6.45) is -0.885. The van der Waals surface area contributed by atoms with Crippen molar-refractivity contribution in [3.8, 4) is 0 Å². The third kappa shape index (κ3) is 2.52. The third-order valence-corrected chi connectivity index (χ3v) is 2.30. The smallest absolute Gasteiger partial charge is 0.122 e. The zero-order chi connectivity index (χ0) is 9.84. The van der Waals surface area contributed by atoms with Crippen LogP contribution in [0.2, 0.25) is 0 Å². The van der Waals surface area contributed by atoms with Crippen LogP contribution in [0.25, 0.3) is 0 Å². The summed E-state index contributed by atoms with van der Waals surface area (Å²) in [6, 6.07) is 7.91. The second-order valence-electron chi connectivity index (χ2n) is 3.30. The summed E-state index contributed by atoms with van der Waals surface area (Å²) in [4.78, 5) is 0. The van der Waals surface area contributed by atoms with Crippen LogP contribution >= 0.6 is 0 Å². The van der Waals surface area contributed by atoms with Gasteiger partial charge in [0.15, 0.2) is 0 Å². The van der Waals surface area contributed by atoms with Gasteiger partial charge >= 0.3 is 0 Å². The van der Waals surface area contributed by atoms with Gasteiger partial charge < -0.3 is 5.32 Å². The molecule has 0 heterocycles. The molecule has 0 amide bonds. The Kier molecular flexibility index (Phi) is 3.43. The van der Waals surface area contributed by atoms with Crippen LogP contribution in [-0.4, -0.2) is 7.05 Å². The number of benzene rings is 1. The molecule has 0 aromatic heterocycles. The molecular weight excluding hydrogens is 165 g/mol. The van der Waals surface area contributed by atoms with Crippen molar-refractivity contribution in [1.82, 2.24) is 5.32 Å². The molecule has 0 radical (unpaired) electrons. The highest BCUT2D eigenvalue weighted by Gasteiger charge is 2.06. The van der Waals surface area contributed by atoms with Gasteiger partial charge in [0.25, 0.3) is 0 Å². The predicted octanol–water partition coefficient (Wildman–Crippen LogP) is 3.00. The summed E-state index contributed by atoms with van der Waals surface area (Å²) in [6.45, 7) is 3.62. The fourth-order valence-corrected chi connectivity index (χ4v) is 1.24. The summed E-state index contributed by atoms with van der Waals surface area (Å²) < 4.78 is 13.0. The molecule has 0 saturated carbocycles. The van der Waals surface area contributed by atoms with E-state index in [1.165, 1.54) is 0 Å². The lowest BCUT2D eigenvalue weighted by Crippen LogP contribution is -2.12. The summed E-state index contributed by atoms with van der Waals surface area (Å²) in [5, 5.41) is 3.12. The summed E-state index contributed by atoms with van der Waals surface area (Å²) in [7, 11) is 1.90. The van der Waals surface area contributed by atoms with Gasteiger partial charge in [0.2, 0.25) is 0 Å². The molecule has 0 aliphatic carbocycles. The van der Waals surface area contributed by atoms with E-state index >= 15 is 0 Å². The van der Waals surface area contributed by atoms with Crippen LogP contribution in [0.5, 0.6) is 0 Å². The zero-order valence-corrected chi connectivity index (χ0v) is 8.34. The van der Waals surface area contributed by atoms with Crippen molar-refractivity contribution >= 4 is 0 Å². The van der Waals surface area contributed by atoms with E-state index in [4.69, 9.17) is 0 Å². The molecule has 0 bridgehead atoms. The molecule has 0 aliphatic rings. The van der Waals surface area contributed by atoms with E-state index in [1.54, 1.807) is 6.92 Å². The Hall–Kier alpha value is -0.890. The van der Waals surface area contributed by atoms with Crippen LogP contribution in [0.1, 0.15) is 37.2 Å². The summed E-state index contributed by atoms with van der Waals surface area (Å²) >= 11 is 0. The lowest BCUT2D eigenvalue weighted by Gasteiger charge is -2.12. The quantitative estimate of drug-likeness (QED) is 0.755. The first-order valence-electron chi connectivity index (χ1n) is 4.56. The van der Waals surface area contributed by atoms with Gasteiger partial charge in [-0.3, -0.25) is 0 Å². The highest BCUT2D eigenvalue weighted by atomic mass is 19.1. The monoisotopic (exact) mass is 181 g/mol. The topological polar surface area (TPSA) is 12.0 Å². The molecular formula is C11H16FN. The van der Waals surface area contributed by atoms with Crippen molar-refractivity contribution in [3.05, 3.63) is 35.4 Å². The number of hydrogen-bond donors (Lipinski definition) is 1. The van der Waals surface area contributed by atoms with Gasteiger partial charge in [0, 0.05) is 6.04 Å². The zero-order valence-electron chi connectivity index (χ0n) is 8.34. The van der Waals surface area contributed by atoms with Gasteiger partial charge in [-0.15, -0.1) is 0 Å². The fourth-order valence-electron chi connectivity index (χ4n) is 1.24. The minimum absolute atomic E-state index is 0.277. The first kappa shape index (κ1) is 10.2. The Bertz CT molecular complexity index is 271. The molecule has 1 aromatic rings. The molecule has 0 fully saturated rings. The van der Waals surface area contributed by atoms with Crippen molar-refractivity contribution in [3.63, 3.8) is 0 Å². The fraction of sp³-hybridized carbons (Fsp3) is 0.455. The van der Waals surface area contributed by atoms with Crippen molar-refractivity contribution < 1.29 is 4.39 Å². The average molecular weight is 181 g/mol. The van der Waals surface area contributed by atoms with E-state index < -0.39 is 6.17 Å². The van der Waals surface area contributed by atoms with E-state index in [-0.39, 0.29) is 6.04 Å². The molecule has 0 spiro atoms. The molecule has 1 N–H and O–H groups in total. The van der Waals surface area contributed by atoms with Crippen LogP contribution in [0.15, 0.2) is 24.3 Å². The third-order valence-electron chi connectivity index (χ3n) is 2.30. The van der Waals surface area contributed by atoms with Gasteiger partial charge in [-0.25, -0.2) is 4.39 Å². The van der Waals surface area contributed by atoms with Crippen molar-refractivity contribution in [2.45, 2.75) is 26.1 Å². The molecule has 1 aromatic carbocycles. The Balaban J connectivity index is 2.91. The van der Waals surface area contributed by atoms with Gasteiger partial charge in [-0.1, -0.05) is 24.3 Å². The number of halogens is 1. The molecule has 1 nitrogen and oxygen atoms in total. The SMILES string of the molecule is CNC(C)c1cccc(C(C)F)c1. The molecule has 72 valence electrons. The molecule has 1 rings (SSSR count). The standard InChI is InChI=1S/C11H16FN/c1-8(12)10-5-4-6-11(7-10)9(2)13-3/h4-9,13H,1-3H3. The number of hydrogen-bond acceptors (Lipinski definition) is 1. The Morgan fingerprint density at radius 1 is 1.23 bits per heavy atom. The summed E-state index contributed by atoms with van der Waals surface area (Å²) in [5.41, 5.74) is 1.88. The van der Waals surface area contributed by atoms with Crippen molar-refractivity contribution in [2.75, 3.05) is 7.05 Å². The highest BCUT2D eigenvalue weighted by Crippen LogP contribution is 2.20. The highest BCUT2D eigenvalue weighted by molar-refractivity contribution is 5.26. The second kappa shape index (κ2) is 4.38. The predicted molar refractivity (Wildman–Crippen MR) is 53.4 cm³/mol. The van der Waals surface area contributed by atoms with Gasteiger partial charge in [-0.05, 0) is 32.0 Å². The van der Waals surface area contributed by atoms with Crippen LogP contribution < -0.4 is 5.32 Å². The minimum atomic E-state index is -0.885. The van der Waals surface area contributed by atoms with E-state index in [0.717, 1.165) is 11.1 Å². The minimum Gasteiger partial charge on any atom is -0.313 e. The van der Waals surface area contributed by atoms with E-state index in [9.17, 15) is 4.39 Å². The van der Waals surface area contributed by atoms with Crippen LogP contribution in [0.4, 0.5) is 4.39 Å². The number of nitrogens with one attached hydrogen (secondary N) is 1. The second-order valence-corrected chi connectivity index (χ2v) is 3.30. The maximum atomic E-state index is 13.0. The van der Waals surface area contributed by atoms with Crippen LogP contribution in [0, 0.1) is 0 Å². The van der Waals surface area contributed by atoms with Crippen molar-refractivity contribution in [2.24, 2.45) is 0 Å². The van der Waals surface area contributed by atoms with Crippen molar-refractivity contribution in [1.29, 1.82) is 0 Å². The lowest BCUT2D eigenvalue weighted by molar-refractivity contribution is 0.374. The first-order valence-corrected chi connectivity index (χ1v) is 4.56. The maximum absolute atomic E-state index is 13.0. The number of alkyl halides is 1. The molecule has 0 saturated heterocycles. The average Bonchev–Trinajstić information content (AvgIpc) is 2.17. The number of rotatable bonds is 3. The van der Waals surface area contributed by atoms with Gasteiger partial charge in [0.1, 0.15) is 6.17 Å². The molecule has 2 heteroatoms. The Morgan fingerprint density at radius 3 is 2.38 bits per heavy atom.